The summed E-state index contributed by atoms with van der Waals surface area (Å²) in [6, 6.07) is 13.7. The van der Waals surface area contributed by atoms with Gasteiger partial charge in [0.05, 0.1) is 0 Å². The number of nitrogens with zero attached hydrogens (tertiary/aromatic N) is 2. The van der Waals surface area contributed by atoms with Gasteiger partial charge in [0.1, 0.15) is 6.54 Å². The summed E-state index contributed by atoms with van der Waals surface area (Å²) in [4.78, 5) is 20.8. The normalized spacial score (nSPS) is 10.7. The van der Waals surface area contributed by atoms with E-state index in [9.17, 15) is 4.79 Å². The van der Waals surface area contributed by atoms with Crippen LogP contribution in [0.1, 0.15) is 25.1 Å². The number of guanidine groups is 1. The maximum Gasteiger partial charge on any atom is 0.246 e. The van der Waals surface area contributed by atoms with Crippen LogP contribution >= 0.6 is 24.0 Å². The molecule has 0 aliphatic heterocycles. The number of rotatable bonds is 8. The second-order valence-corrected chi connectivity index (χ2v) is 5.80. The van der Waals surface area contributed by atoms with Crippen LogP contribution in [0.15, 0.2) is 53.7 Å². The number of hydrogen-bond acceptors (Lipinski definition) is 3. The van der Waals surface area contributed by atoms with Gasteiger partial charge < -0.3 is 16.0 Å². The van der Waals surface area contributed by atoms with E-state index >= 15 is 0 Å². The molecule has 27 heavy (non-hydrogen) atoms. The van der Waals surface area contributed by atoms with Crippen molar-refractivity contribution in [3.8, 4) is 0 Å². The van der Waals surface area contributed by atoms with Gasteiger partial charge in [0.15, 0.2) is 5.96 Å². The van der Waals surface area contributed by atoms with Crippen molar-refractivity contribution in [3.63, 3.8) is 0 Å². The summed E-state index contributed by atoms with van der Waals surface area (Å²) in [7, 11) is 0. The van der Waals surface area contributed by atoms with Crippen LogP contribution < -0.4 is 16.0 Å². The van der Waals surface area contributed by atoms with Crippen LogP contribution in [0.2, 0.25) is 0 Å². The Morgan fingerprint density at radius 1 is 1.11 bits per heavy atom. The number of amides is 1. The molecule has 0 aliphatic carbocycles. The van der Waals surface area contributed by atoms with Crippen LogP contribution in [0.4, 0.5) is 5.69 Å². The molecule has 6 nitrogen and oxygen atoms in total. The first kappa shape index (κ1) is 22.9. The Morgan fingerprint density at radius 2 is 1.96 bits per heavy atom. The van der Waals surface area contributed by atoms with Crippen molar-refractivity contribution in [2.45, 2.75) is 26.7 Å². The summed E-state index contributed by atoms with van der Waals surface area (Å²) in [5, 5.41) is 9.25. The summed E-state index contributed by atoms with van der Waals surface area (Å²) in [6.07, 6.45) is 3.51. The minimum absolute atomic E-state index is 0. The van der Waals surface area contributed by atoms with Gasteiger partial charge in [0.2, 0.25) is 5.91 Å². The third-order valence-corrected chi connectivity index (χ3v) is 3.74. The Morgan fingerprint density at radius 3 is 2.67 bits per heavy atom. The lowest BCUT2D eigenvalue weighted by Gasteiger charge is -2.11. The average Bonchev–Trinajstić information content (AvgIpc) is 2.67. The van der Waals surface area contributed by atoms with Crippen molar-refractivity contribution in [3.05, 3.63) is 59.9 Å². The van der Waals surface area contributed by atoms with Crippen LogP contribution in [-0.2, 0) is 17.6 Å². The molecule has 146 valence electrons. The van der Waals surface area contributed by atoms with Gasteiger partial charge >= 0.3 is 0 Å². The minimum atomic E-state index is -0.139. The second-order valence-electron chi connectivity index (χ2n) is 5.80. The Hall–Kier alpha value is -2.16. The minimum Gasteiger partial charge on any atom is -0.357 e. The number of aliphatic imine (C=N–C) groups is 1. The summed E-state index contributed by atoms with van der Waals surface area (Å²) in [5.41, 5.74) is 3.01. The van der Waals surface area contributed by atoms with Crippen molar-refractivity contribution in [1.29, 1.82) is 0 Å². The standard InChI is InChI=1S/C20H27N5O.HI/c1-3-16-8-7-10-18(14-16)25-19(26)15-24-20(21-4-2)23-13-11-17-9-5-6-12-22-17;/h5-10,12,14H,3-4,11,13,15H2,1-2H3,(H,25,26)(H2,21,23,24);1H. The van der Waals surface area contributed by atoms with E-state index in [-0.39, 0.29) is 36.4 Å². The van der Waals surface area contributed by atoms with Gasteiger partial charge in [-0.25, -0.2) is 4.99 Å². The van der Waals surface area contributed by atoms with E-state index in [1.54, 1.807) is 6.20 Å². The van der Waals surface area contributed by atoms with E-state index in [2.05, 4.69) is 32.9 Å². The van der Waals surface area contributed by atoms with Crippen molar-refractivity contribution in [2.24, 2.45) is 4.99 Å². The molecular weight excluding hydrogens is 453 g/mol. The van der Waals surface area contributed by atoms with Gasteiger partial charge in [0.25, 0.3) is 0 Å². The number of benzene rings is 1. The fourth-order valence-electron chi connectivity index (χ4n) is 2.42. The third kappa shape index (κ3) is 8.85. The molecule has 7 heteroatoms. The highest BCUT2D eigenvalue weighted by Gasteiger charge is 2.04. The first-order valence-corrected chi connectivity index (χ1v) is 9.02. The Bertz CT molecular complexity index is 721. The van der Waals surface area contributed by atoms with E-state index in [4.69, 9.17) is 0 Å². The molecule has 1 heterocycles. The van der Waals surface area contributed by atoms with Crippen LogP contribution in [0, 0.1) is 0 Å². The highest BCUT2D eigenvalue weighted by Crippen LogP contribution is 2.10. The predicted molar refractivity (Wildman–Crippen MR) is 122 cm³/mol. The van der Waals surface area contributed by atoms with Crippen molar-refractivity contribution in [2.75, 3.05) is 25.0 Å². The summed E-state index contributed by atoms with van der Waals surface area (Å²) >= 11 is 0. The molecule has 1 aromatic carbocycles. The zero-order valence-electron chi connectivity index (χ0n) is 15.9. The number of aryl methyl sites for hydroxylation is 1. The number of nitrogens with one attached hydrogen (secondary N) is 3. The lowest BCUT2D eigenvalue weighted by atomic mass is 10.1. The number of anilines is 1. The van der Waals surface area contributed by atoms with Crippen molar-refractivity contribution in [1.82, 2.24) is 15.6 Å². The number of halogens is 1. The summed E-state index contributed by atoms with van der Waals surface area (Å²) < 4.78 is 0. The molecular formula is C20H28IN5O. The third-order valence-electron chi connectivity index (χ3n) is 3.74. The van der Waals surface area contributed by atoms with Crippen LogP contribution in [-0.4, -0.2) is 36.5 Å². The maximum absolute atomic E-state index is 12.1. The molecule has 0 saturated heterocycles. The molecule has 2 rings (SSSR count). The molecule has 0 fully saturated rings. The first-order valence-electron chi connectivity index (χ1n) is 9.02. The van der Waals surface area contributed by atoms with Gasteiger partial charge in [-0.3, -0.25) is 9.78 Å². The molecule has 0 spiro atoms. The first-order chi connectivity index (χ1) is 12.7. The number of aromatic nitrogens is 1. The molecule has 1 amide bonds. The highest BCUT2D eigenvalue weighted by atomic mass is 127. The lowest BCUT2D eigenvalue weighted by molar-refractivity contribution is -0.114. The molecule has 3 N–H and O–H groups in total. The zero-order chi connectivity index (χ0) is 18.6. The van der Waals surface area contributed by atoms with Crippen molar-refractivity contribution < 1.29 is 4.79 Å². The predicted octanol–water partition coefficient (Wildman–Crippen LogP) is 3.00. The van der Waals surface area contributed by atoms with Gasteiger partial charge in [0, 0.05) is 37.1 Å². The number of carbonyl (C=O) groups excluding carboxylic acids is 1. The van der Waals surface area contributed by atoms with E-state index in [0.29, 0.717) is 12.5 Å². The smallest absolute Gasteiger partial charge is 0.246 e. The fourth-order valence-corrected chi connectivity index (χ4v) is 2.42. The average molecular weight is 481 g/mol. The molecule has 2 aromatic rings. The van der Waals surface area contributed by atoms with Gasteiger partial charge in [-0.15, -0.1) is 24.0 Å². The molecule has 0 saturated carbocycles. The quantitative estimate of drug-likeness (QED) is 0.308. The molecule has 0 bridgehead atoms. The SMILES string of the molecule is CCNC(=NCC(=O)Nc1cccc(CC)c1)NCCc1ccccn1.I. The maximum atomic E-state index is 12.1. The lowest BCUT2D eigenvalue weighted by Crippen LogP contribution is -2.39. The highest BCUT2D eigenvalue weighted by molar-refractivity contribution is 14.0. The summed E-state index contributed by atoms with van der Waals surface area (Å²) in [6.45, 7) is 5.57. The monoisotopic (exact) mass is 481 g/mol. The van der Waals surface area contributed by atoms with Gasteiger partial charge in [-0.05, 0) is 43.2 Å². The number of hydrogen-bond donors (Lipinski definition) is 3. The van der Waals surface area contributed by atoms with E-state index in [1.807, 2.05) is 49.4 Å². The fraction of sp³-hybridized carbons (Fsp3) is 0.350. The van der Waals surface area contributed by atoms with Gasteiger partial charge in [-0.1, -0.05) is 25.1 Å². The van der Waals surface area contributed by atoms with Crippen LogP contribution in [0.3, 0.4) is 0 Å². The molecule has 0 atom stereocenters. The summed E-state index contributed by atoms with van der Waals surface area (Å²) in [5.74, 6) is 0.487. The number of carbonyl (C=O) groups is 1. The van der Waals surface area contributed by atoms with Crippen LogP contribution in [0.25, 0.3) is 0 Å². The Kier molecular flexibility index (Phi) is 11.1. The van der Waals surface area contributed by atoms with E-state index in [0.717, 1.165) is 30.8 Å². The van der Waals surface area contributed by atoms with Gasteiger partial charge in [-0.2, -0.15) is 0 Å². The molecule has 1 aromatic heterocycles. The Labute approximate surface area is 178 Å². The van der Waals surface area contributed by atoms with E-state index < -0.39 is 0 Å². The second kappa shape index (κ2) is 13.1. The topological polar surface area (TPSA) is 78.4 Å². The largest absolute Gasteiger partial charge is 0.357 e. The molecule has 0 aliphatic rings. The Balaban J connectivity index is 0.00000364. The van der Waals surface area contributed by atoms with Crippen LogP contribution in [0.5, 0.6) is 0 Å². The number of pyridine rings is 1. The molecule has 0 unspecified atom stereocenters. The van der Waals surface area contributed by atoms with Crippen molar-refractivity contribution >= 4 is 41.5 Å². The van der Waals surface area contributed by atoms with E-state index in [1.165, 1.54) is 5.56 Å². The zero-order valence-corrected chi connectivity index (χ0v) is 18.2. The molecule has 0 radical (unpaired) electrons.